The molecule has 3 heterocycles. The van der Waals surface area contributed by atoms with Crippen LogP contribution in [0.15, 0.2) is 88.9 Å². The van der Waals surface area contributed by atoms with Gasteiger partial charge in [-0.3, -0.25) is 0 Å². The van der Waals surface area contributed by atoms with Gasteiger partial charge in [-0.05, 0) is 73.4 Å². The Labute approximate surface area is 271 Å². The number of aromatic hydroxyl groups is 5. The van der Waals surface area contributed by atoms with E-state index in [2.05, 4.69) is 13.0 Å². The number of ether oxygens (including phenoxy) is 2. The summed E-state index contributed by atoms with van der Waals surface area (Å²) in [5, 5.41) is 55.7. The number of phenolic OH excluding ortho intramolecular Hbond substituents is 5. The molecule has 0 spiro atoms. The van der Waals surface area contributed by atoms with Crippen molar-refractivity contribution in [1.82, 2.24) is 0 Å². The van der Waals surface area contributed by atoms with Crippen molar-refractivity contribution >= 4 is 17.0 Å². The van der Waals surface area contributed by atoms with Gasteiger partial charge in [0.05, 0.1) is 17.0 Å². The van der Waals surface area contributed by atoms with Gasteiger partial charge in [0.25, 0.3) is 5.79 Å². The number of phenols is 5. The van der Waals surface area contributed by atoms with E-state index in [-0.39, 0.29) is 52.1 Å². The molecular weight excluding hydrogens is 596 g/mol. The molecule has 3 aliphatic rings. The average Bonchev–Trinajstić information content (AvgIpc) is 3.43. The van der Waals surface area contributed by atoms with Crippen molar-refractivity contribution in [2.75, 3.05) is 0 Å². The highest BCUT2D eigenvalue weighted by atomic mass is 16.7. The average molecular weight is 631 g/mol. The number of benzene rings is 4. The minimum absolute atomic E-state index is 0.0242. The van der Waals surface area contributed by atoms with Crippen LogP contribution in [-0.2, 0) is 5.79 Å². The smallest absolute Gasteiger partial charge is 0.285 e. The molecule has 2 aliphatic heterocycles. The largest absolute Gasteiger partial charge is 0.508 e. The van der Waals surface area contributed by atoms with Crippen molar-refractivity contribution in [2.24, 2.45) is 11.8 Å². The Hall–Kier alpha value is -5.50. The predicted molar refractivity (Wildman–Crippen MR) is 177 cm³/mol. The van der Waals surface area contributed by atoms with Crippen LogP contribution in [0.1, 0.15) is 61.3 Å². The zero-order chi connectivity index (χ0) is 32.8. The third kappa shape index (κ3) is 4.42. The third-order valence-corrected chi connectivity index (χ3v) is 9.64. The van der Waals surface area contributed by atoms with Crippen LogP contribution in [0.25, 0.3) is 28.4 Å². The Bertz CT molecular complexity index is 2150. The van der Waals surface area contributed by atoms with Crippen molar-refractivity contribution < 1.29 is 39.4 Å². The quantitative estimate of drug-likeness (QED) is 0.125. The molecule has 0 saturated carbocycles. The van der Waals surface area contributed by atoms with Crippen molar-refractivity contribution in [2.45, 2.75) is 44.8 Å². The van der Waals surface area contributed by atoms with Crippen LogP contribution in [0.3, 0.4) is 0 Å². The minimum Gasteiger partial charge on any atom is -0.508 e. The van der Waals surface area contributed by atoms with E-state index in [0.717, 1.165) is 16.5 Å². The first kappa shape index (κ1) is 28.9. The molecule has 5 aromatic rings. The monoisotopic (exact) mass is 630 g/mol. The summed E-state index contributed by atoms with van der Waals surface area (Å²) in [4.78, 5) is 0. The Morgan fingerprint density at radius 3 is 2.40 bits per heavy atom. The highest BCUT2D eigenvalue weighted by Gasteiger charge is 2.62. The topological polar surface area (TPSA) is 133 Å². The maximum absolute atomic E-state index is 11.9. The SMILES string of the molecule is CC1=CC2c3c(O)cc(-c4cc5ccc(O)cc5o4)cc3OC3(c4ccc(O)c(C=CC(C)C)c4O)Oc4cc(O)ccc4C(C1)C23. The molecule has 0 radical (unpaired) electrons. The van der Waals surface area contributed by atoms with E-state index in [1.165, 1.54) is 12.1 Å². The fraction of sp³-hybridized carbons (Fsp3) is 0.231. The summed E-state index contributed by atoms with van der Waals surface area (Å²) in [5.41, 5.74) is 4.20. The van der Waals surface area contributed by atoms with E-state index >= 15 is 0 Å². The molecule has 0 saturated heterocycles. The summed E-state index contributed by atoms with van der Waals surface area (Å²) in [7, 11) is 0. The van der Waals surface area contributed by atoms with Gasteiger partial charge in [-0.2, -0.15) is 0 Å². The molecule has 8 rings (SSSR count). The van der Waals surface area contributed by atoms with Crippen LogP contribution >= 0.6 is 0 Å². The molecule has 4 aromatic carbocycles. The fourth-order valence-corrected chi connectivity index (χ4v) is 7.63. The zero-order valence-electron chi connectivity index (χ0n) is 26.1. The summed E-state index contributed by atoms with van der Waals surface area (Å²) in [6.07, 6.45) is 6.38. The van der Waals surface area contributed by atoms with Crippen LogP contribution in [-0.4, -0.2) is 25.5 Å². The Morgan fingerprint density at radius 1 is 0.830 bits per heavy atom. The molecule has 8 nitrogen and oxygen atoms in total. The molecule has 5 N–H and O–H groups in total. The van der Waals surface area contributed by atoms with E-state index in [9.17, 15) is 25.5 Å². The summed E-state index contributed by atoms with van der Waals surface area (Å²) < 4.78 is 19.9. The second-order valence-corrected chi connectivity index (χ2v) is 13.2. The van der Waals surface area contributed by atoms with E-state index in [4.69, 9.17) is 13.9 Å². The highest BCUT2D eigenvalue weighted by Crippen LogP contribution is 2.65. The van der Waals surface area contributed by atoms with Crippen molar-refractivity contribution in [1.29, 1.82) is 0 Å². The standard InChI is InChI=1S/C39H34O8/c1-19(2)4-8-26-30(42)11-10-29(38(26)44)39-37-27(25-9-7-24(41)18-34(25)46-39)12-20(3)13-28(37)36-31(43)14-22(16-35(36)47-39)32-15-21-5-6-23(40)17-33(21)45-32/h4-11,13-19,27-28,37,40-44H,12H2,1-3H3. The molecule has 4 atom stereocenters. The first-order valence-corrected chi connectivity index (χ1v) is 15.7. The van der Waals surface area contributed by atoms with Crippen LogP contribution in [0.4, 0.5) is 0 Å². The highest BCUT2D eigenvalue weighted by molar-refractivity contribution is 5.84. The maximum Gasteiger partial charge on any atom is 0.285 e. The molecular formula is C39H34O8. The Balaban J connectivity index is 1.39. The van der Waals surface area contributed by atoms with Gasteiger partial charge in [0.2, 0.25) is 0 Å². The number of hydrogen-bond acceptors (Lipinski definition) is 8. The number of allylic oxidation sites excluding steroid dienone is 3. The van der Waals surface area contributed by atoms with E-state index in [0.29, 0.717) is 46.0 Å². The number of fused-ring (bicyclic) bond motifs is 5. The molecule has 0 fully saturated rings. The molecule has 1 aromatic heterocycles. The summed E-state index contributed by atoms with van der Waals surface area (Å²) >= 11 is 0. The summed E-state index contributed by atoms with van der Waals surface area (Å²) in [6.45, 7) is 6.07. The Kier molecular flexibility index (Phi) is 6.31. The molecule has 47 heavy (non-hydrogen) atoms. The van der Waals surface area contributed by atoms with Gasteiger partial charge < -0.3 is 39.4 Å². The van der Waals surface area contributed by atoms with Crippen molar-refractivity contribution in [3.8, 4) is 51.6 Å². The van der Waals surface area contributed by atoms with E-state index in [1.54, 1.807) is 48.5 Å². The Morgan fingerprint density at radius 2 is 1.60 bits per heavy atom. The van der Waals surface area contributed by atoms with E-state index in [1.807, 2.05) is 32.1 Å². The molecule has 0 amide bonds. The fourth-order valence-electron chi connectivity index (χ4n) is 7.63. The van der Waals surface area contributed by atoms with Gasteiger partial charge in [-0.25, -0.2) is 0 Å². The number of hydrogen-bond donors (Lipinski definition) is 5. The van der Waals surface area contributed by atoms with E-state index < -0.39 is 11.7 Å². The zero-order valence-corrected chi connectivity index (χ0v) is 26.1. The van der Waals surface area contributed by atoms with Crippen molar-refractivity contribution in [3.05, 3.63) is 107 Å². The third-order valence-electron chi connectivity index (χ3n) is 9.64. The minimum atomic E-state index is -1.62. The predicted octanol–water partition coefficient (Wildman–Crippen LogP) is 8.77. The first-order valence-electron chi connectivity index (χ1n) is 15.7. The van der Waals surface area contributed by atoms with Gasteiger partial charge >= 0.3 is 0 Å². The second kappa shape index (κ2) is 10.3. The lowest BCUT2D eigenvalue weighted by Gasteiger charge is -2.55. The number of rotatable bonds is 4. The molecule has 1 aliphatic carbocycles. The summed E-state index contributed by atoms with van der Waals surface area (Å²) in [5.74, 6) is -1.37. The molecule has 238 valence electrons. The van der Waals surface area contributed by atoms with Gasteiger partial charge in [0.15, 0.2) is 0 Å². The van der Waals surface area contributed by atoms with Gasteiger partial charge in [0.1, 0.15) is 51.6 Å². The van der Waals surface area contributed by atoms with Crippen molar-refractivity contribution in [3.63, 3.8) is 0 Å². The van der Waals surface area contributed by atoms with Crippen LogP contribution in [0.2, 0.25) is 0 Å². The molecule has 4 unspecified atom stereocenters. The molecule has 0 bridgehead atoms. The second-order valence-electron chi connectivity index (χ2n) is 13.2. The van der Waals surface area contributed by atoms with Crippen LogP contribution in [0.5, 0.6) is 40.2 Å². The first-order chi connectivity index (χ1) is 22.5. The summed E-state index contributed by atoms with van der Waals surface area (Å²) in [6, 6.07) is 18.3. The lowest BCUT2D eigenvalue weighted by molar-refractivity contribution is -0.198. The maximum atomic E-state index is 11.9. The van der Waals surface area contributed by atoms with Gasteiger partial charge in [-0.15, -0.1) is 0 Å². The lowest BCUT2D eigenvalue weighted by Crippen LogP contribution is -2.56. The van der Waals surface area contributed by atoms with Crippen LogP contribution in [0, 0.1) is 11.8 Å². The van der Waals surface area contributed by atoms with Gasteiger partial charge in [0, 0.05) is 40.5 Å². The normalized spacial score (nSPS) is 22.7. The lowest BCUT2D eigenvalue weighted by atomic mass is 9.61. The van der Waals surface area contributed by atoms with Crippen LogP contribution < -0.4 is 9.47 Å². The number of furan rings is 1. The van der Waals surface area contributed by atoms with Gasteiger partial charge in [-0.1, -0.05) is 43.7 Å². The molecule has 8 heteroatoms.